The molecule has 0 spiro atoms. The van der Waals surface area contributed by atoms with Gasteiger partial charge >= 0.3 is 5.63 Å². The lowest BCUT2D eigenvalue weighted by Gasteiger charge is -2.10. The van der Waals surface area contributed by atoms with E-state index in [2.05, 4.69) is 5.32 Å². The maximum Gasteiger partial charge on any atom is 0.340 e. The molecule has 130 valence electrons. The number of carbonyl (C=O) groups is 1. The Balaban J connectivity index is 1.78. The van der Waals surface area contributed by atoms with Crippen molar-refractivity contribution in [2.45, 2.75) is 26.7 Å². The number of hydrogen-bond donors (Lipinski definition) is 2. The molecule has 0 radical (unpaired) electrons. The predicted octanol–water partition coefficient (Wildman–Crippen LogP) is 3.08. The van der Waals surface area contributed by atoms with E-state index in [1.165, 1.54) is 5.56 Å². The van der Waals surface area contributed by atoms with Crippen molar-refractivity contribution < 1.29 is 14.3 Å². The number of carbonyl (C=O) groups excluding carboxylic acids is 1. The summed E-state index contributed by atoms with van der Waals surface area (Å²) in [5.74, 6) is -0.130. The zero-order valence-corrected chi connectivity index (χ0v) is 14.9. The summed E-state index contributed by atoms with van der Waals surface area (Å²) >= 11 is 1.62. The van der Waals surface area contributed by atoms with E-state index >= 15 is 0 Å². The molecule has 6 heteroatoms. The van der Waals surface area contributed by atoms with E-state index in [0.29, 0.717) is 28.8 Å². The second-order valence-corrected chi connectivity index (χ2v) is 6.77. The van der Waals surface area contributed by atoms with Crippen molar-refractivity contribution in [3.8, 4) is 5.75 Å². The minimum absolute atomic E-state index is 0.0202. The van der Waals surface area contributed by atoms with Gasteiger partial charge in [-0.15, -0.1) is 0 Å². The minimum Gasteiger partial charge on any atom is -0.508 e. The van der Waals surface area contributed by atoms with Crippen LogP contribution in [0.3, 0.4) is 0 Å². The molecule has 1 amide bonds. The van der Waals surface area contributed by atoms with Gasteiger partial charge in [-0.1, -0.05) is 0 Å². The highest BCUT2D eigenvalue weighted by atomic mass is 32.1. The molecule has 0 aliphatic rings. The molecule has 0 saturated heterocycles. The van der Waals surface area contributed by atoms with Crippen LogP contribution in [0, 0.1) is 13.8 Å². The second-order valence-electron chi connectivity index (χ2n) is 5.99. The third-order valence-electron chi connectivity index (χ3n) is 4.33. The van der Waals surface area contributed by atoms with Gasteiger partial charge in [0.2, 0.25) is 5.91 Å². The molecule has 0 saturated carbocycles. The number of rotatable bonds is 5. The average molecular weight is 357 g/mol. The summed E-state index contributed by atoms with van der Waals surface area (Å²) < 4.78 is 5.36. The van der Waals surface area contributed by atoms with Crippen molar-refractivity contribution in [3.05, 3.63) is 61.6 Å². The number of benzene rings is 1. The quantitative estimate of drug-likeness (QED) is 0.688. The van der Waals surface area contributed by atoms with Crippen LogP contribution in [0.4, 0.5) is 0 Å². The van der Waals surface area contributed by atoms with Crippen molar-refractivity contribution >= 4 is 28.2 Å². The van der Waals surface area contributed by atoms with E-state index in [4.69, 9.17) is 4.42 Å². The topological polar surface area (TPSA) is 79.5 Å². The standard InChI is InChI=1S/C19H19NO4S/c1-11-14-3-4-16(21)12(2)18(14)24-19(23)15(11)9-17(22)20-7-5-13-6-8-25-10-13/h3-4,6,8,10,21H,5,7,9H2,1-2H3,(H,20,22). The van der Waals surface area contributed by atoms with E-state index in [9.17, 15) is 14.7 Å². The molecule has 1 aromatic carbocycles. The summed E-state index contributed by atoms with van der Waals surface area (Å²) in [5.41, 5.74) is 2.59. The molecule has 3 aromatic rings. The first-order chi connectivity index (χ1) is 12.0. The maximum absolute atomic E-state index is 12.3. The Hall–Kier alpha value is -2.60. The van der Waals surface area contributed by atoms with Gasteiger partial charge in [0, 0.05) is 17.5 Å². The van der Waals surface area contributed by atoms with Crippen molar-refractivity contribution in [1.29, 1.82) is 0 Å². The number of amides is 1. The molecule has 2 aromatic heterocycles. The molecule has 0 atom stereocenters. The fourth-order valence-corrected chi connectivity index (χ4v) is 3.49. The largest absolute Gasteiger partial charge is 0.508 e. The highest BCUT2D eigenvalue weighted by Crippen LogP contribution is 2.28. The Morgan fingerprint density at radius 2 is 2.04 bits per heavy atom. The molecule has 0 bridgehead atoms. The molecule has 3 rings (SSSR count). The van der Waals surface area contributed by atoms with E-state index < -0.39 is 5.63 Å². The number of thiophene rings is 1. The maximum atomic E-state index is 12.3. The van der Waals surface area contributed by atoms with Crippen LogP contribution < -0.4 is 10.9 Å². The van der Waals surface area contributed by atoms with Crippen LogP contribution in [-0.2, 0) is 17.6 Å². The Kier molecular flexibility index (Phi) is 4.90. The number of fused-ring (bicyclic) bond motifs is 1. The number of aryl methyl sites for hydroxylation is 2. The summed E-state index contributed by atoms with van der Waals surface area (Å²) in [6, 6.07) is 5.29. The lowest BCUT2D eigenvalue weighted by molar-refractivity contribution is -0.120. The van der Waals surface area contributed by atoms with Crippen molar-refractivity contribution in [2.24, 2.45) is 0 Å². The first-order valence-electron chi connectivity index (χ1n) is 8.00. The van der Waals surface area contributed by atoms with Gasteiger partial charge in [0.15, 0.2) is 0 Å². The van der Waals surface area contributed by atoms with Crippen LogP contribution in [0.1, 0.15) is 22.3 Å². The average Bonchev–Trinajstić information content (AvgIpc) is 3.09. The van der Waals surface area contributed by atoms with Gasteiger partial charge in [0.25, 0.3) is 0 Å². The predicted molar refractivity (Wildman–Crippen MR) is 98.4 cm³/mol. The lowest BCUT2D eigenvalue weighted by Crippen LogP contribution is -2.29. The van der Waals surface area contributed by atoms with Crippen LogP contribution in [0.15, 0.2) is 38.2 Å². The Bertz CT molecular complexity index is 973. The number of aromatic hydroxyl groups is 1. The van der Waals surface area contributed by atoms with E-state index in [1.807, 2.05) is 16.8 Å². The van der Waals surface area contributed by atoms with Crippen molar-refractivity contribution in [2.75, 3.05) is 6.54 Å². The van der Waals surface area contributed by atoms with E-state index in [1.54, 1.807) is 37.3 Å². The van der Waals surface area contributed by atoms with Gasteiger partial charge in [0.1, 0.15) is 11.3 Å². The van der Waals surface area contributed by atoms with Crippen LogP contribution in [0.2, 0.25) is 0 Å². The molecule has 0 aliphatic carbocycles. The number of nitrogens with one attached hydrogen (secondary N) is 1. The Labute approximate surface area is 148 Å². The smallest absolute Gasteiger partial charge is 0.340 e. The minimum atomic E-state index is -0.535. The molecule has 5 nitrogen and oxygen atoms in total. The van der Waals surface area contributed by atoms with Gasteiger partial charge in [-0.05, 0) is 60.4 Å². The van der Waals surface area contributed by atoms with Crippen LogP contribution in [0.5, 0.6) is 5.75 Å². The molecule has 0 aliphatic heterocycles. The van der Waals surface area contributed by atoms with E-state index in [0.717, 1.165) is 11.8 Å². The fraction of sp³-hybridized carbons (Fsp3) is 0.263. The molecule has 0 unspecified atom stereocenters. The van der Waals surface area contributed by atoms with Crippen LogP contribution in [-0.4, -0.2) is 17.6 Å². The monoisotopic (exact) mass is 357 g/mol. The zero-order chi connectivity index (χ0) is 18.0. The summed E-state index contributed by atoms with van der Waals surface area (Å²) in [6.07, 6.45) is 0.743. The van der Waals surface area contributed by atoms with E-state index in [-0.39, 0.29) is 18.1 Å². The van der Waals surface area contributed by atoms with Gasteiger partial charge in [0.05, 0.1) is 12.0 Å². The first-order valence-corrected chi connectivity index (χ1v) is 8.94. The normalized spacial score (nSPS) is 11.0. The third-order valence-corrected chi connectivity index (χ3v) is 5.06. The Morgan fingerprint density at radius 3 is 2.76 bits per heavy atom. The number of phenols is 1. The van der Waals surface area contributed by atoms with Gasteiger partial charge < -0.3 is 14.8 Å². The number of hydrogen-bond acceptors (Lipinski definition) is 5. The molecular formula is C19H19NO4S. The van der Waals surface area contributed by atoms with Gasteiger partial charge in [-0.3, -0.25) is 4.79 Å². The van der Waals surface area contributed by atoms with Crippen molar-refractivity contribution in [3.63, 3.8) is 0 Å². The van der Waals surface area contributed by atoms with Gasteiger partial charge in [-0.2, -0.15) is 11.3 Å². The number of phenolic OH excluding ortho intramolecular Hbond substituents is 1. The van der Waals surface area contributed by atoms with Crippen LogP contribution in [0.25, 0.3) is 11.0 Å². The molecule has 2 heterocycles. The second kappa shape index (κ2) is 7.11. The molecule has 2 N–H and O–H groups in total. The highest BCUT2D eigenvalue weighted by Gasteiger charge is 2.16. The molecular weight excluding hydrogens is 338 g/mol. The molecule has 25 heavy (non-hydrogen) atoms. The first kappa shape index (κ1) is 17.2. The summed E-state index contributed by atoms with van der Waals surface area (Å²) in [5, 5.41) is 17.4. The molecule has 0 fully saturated rings. The fourth-order valence-electron chi connectivity index (χ4n) is 2.79. The lowest BCUT2D eigenvalue weighted by atomic mass is 10.0. The summed E-state index contributed by atoms with van der Waals surface area (Å²) in [7, 11) is 0. The van der Waals surface area contributed by atoms with Crippen molar-refractivity contribution in [1.82, 2.24) is 5.32 Å². The summed E-state index contributed by atoms with van der Waals surface area (Å²) in [4.78, 5) is 24.5. The highest BCUT2D eigenvalue weighted by molar-refractivity contribution is 7.07. The SMILES string of the molecule is Cc1c(CC(=O)NCCc2ccsc2)c(=O)oc2c(C)c(O)ccc12. The van der Waals surface area contributed by atoms with Crippen LogP contribution >= 0.6 is 11.3 Å². The summed E-state index contributed by atoms with van der Waals surface area (Å²) in [6.45, 7) is 4.01. The third kappa shape index (κ3) is 3.58. The Morgan fingerprint density at radius 1 is 1.24 bits per heavy atom. The van der Waals surface area contributed by atoms with Gasteiger partial charge in [-0.25, -0.2) is 4.79 Å². The zero-order valence-electron chi connectivity index (χ0n) is 14.1.